The molecule has 0 amide bonds. The minimum absolute atomic E-state index is 0.442. The Balaban J connectivity index is 2.05. The van der Waals surface area contributed by atoms with Gasteiger partial charge in [-0.1, -0.05) is 30.3 Å². The number of carbonyl (C=O) groups is 1. The van der Waals surface area contributed by atoms with E-state index < -0.39 is 0 Å². The zero-order valence-electron chi connectivity index (χ0n) is 16.9. The summed E-state index contributed by atoms with van der Waals surface area (Å²) in [5.41, 5.74) is 4.06. The van der Waals surface area contributed by atoms with Crippen molar-refractivity contribution in [2.24, 2.45) is 0 Å². The van der Waals surface area contributed by atoms with Crippen LogP contribution in [0.1, 0.15) is 10.4 Å². The summed E-state index contributed by atoms with van der Waals surface area (Å²) in [4.78, 5) is 12.1. The van der Waals surface area contributed by atoms with Crippen molar-refractivity contribution in [2.75, 3.05) is 21.3 Å². The van der Waals surface area contributed by atoms with Gasteiger partial charge >= 0.3 is 0 Å². The fraction of sp³-hybridized carbons (Fsp3) is 0.125. The molecule has 0 saturated heterocycles. The quantitative estimate of drug-likeness (QED) is 0.360. The molecule has 4 aromatic rings. The lowest BCUT2D eigenvalue weighted by Gasteiger charge is -2.18. The second-order valence-electron chi connectivity index (χ2n) is 6.53. The average molecular weight is 420 g/mol. The van der Waals surface area contributed by atoms with Gasteiger partial charge in [0, 0.05) is 17.3 Å². The van der Waals surface area contributed by atoms with Crippen LogP contribution in [-0.2, 0) is 0 Å². The summed E-state index contributed by atoms with van der Waals surface area (Å²) in [6, 6.07) is 17.9. The van der Waals surface area contributed by atoms with Crippen molar-refractivity contribution >= 4 is 17.6 Å². The number of thiophene rings is 1. The molecule has 0 N–H and O–H groups in total. The number of ether oxygens (including phenoxy) is 3. The summed E-state index contributed by atoms with van der Waals surface area (Å²) < 4.78 is 18.8. The fourth-order valence-electron chi connectivity index (χ4n) is 3.57. The first-order chi connectivity index (χ1) is 14.7. The Bertz CT molecular complexity index is 1160. The third-order valence-electron chi connectivity index (χ3n) is 4.91. The van der Waals surface area contributed by atoms with E-state index in [1.165, 1.54) is 7.11 Å². The molecule has 0 unspecified atom stereocenters. The lowest BCUT2D eigenvalue weighted by molar-refractivity contribution is 0.112. The predicted octanol–water partition coefficient (Wildman–Crippen LogP) is 5.71. The molecule has 0 aliphatic heterocycles. The molecule has 0 bridgehead atoms. The molecule has 5 nitrogen and oxygen atoms in total. The van der Waals surface area contributed by atoms with Crippen LogP contribution >= 0.6 is 11.3 Å². The van der Waals surface area contributed by atoms with Gasteiger partial charge in [-0.05, 0) is 35.2 Å². The largest absolute Gasteiger partial charge is 0.493 e. The van der Waals surface area contributed by atoms with E-state index in [2.05, 4.69) is 29.0 Å². The number of aldehydes is 1. The van der Waals surface area contributed by atoms with E-state index in [1.807, 2.05) is 35.7 Å². The van der Waals surface area contributed by atoms with Crippen LogP contribution in [0.4, 0.5) is 0 Å². The highest BCUT2D eigenvalue weighted by atomic mass is 32.1. The number of hydrogen-bond donors (Lipinski definition) is 0. The molecule has 0 aliphatic rings. The SMILES string of the molecule is COc1cc(C=O)c(-c2cc(-c3ccccc3)cn2-c2cccs2)c(OC)c1OC. The van der Waals surface area contributed by atoms with E-state index in [0.717, 1.165) is 28.1 Å². The third-order valence-corrected chi connectivity index (χ3v) is 5.78. The van der Waals surface area contributed by atoms with Crippen molar-refractivity contribution in [3.63, 3.8) is 0 Å². The summed E-state index contributed by atoms with van der Waals surface area (Å²) in [5, 5.41) is 3.05. The van der Waals surface area contributed by atoms with Crippen LogP contribution in [0.2, 0.25) is 0 Å². The first kappa shape index (κ1) is 19.8. The maximum atomic E-state index is 12.1. The van der Waals surface area contributed by atoms with Gasteiger partial charge in [-0.3, -0.25) is 4.79 Å². The van der Waals surface area contributed by atoms with E-state index in [9.17, 15) is 4.79 Å². The highest BCUT2D eigenvalue weighted by Gasteiger charge is 2.25. The minimum atomic E-state index is 0.442. The van der Waals surface area contributed by atoms with Crippen LogP contribution in [0, 0.1) is 0 Å². The van der Waals surface area contributed by atoms with Crippen LogP contribution in [0.3, 0.4) is 0 Å². The molecule has 0 saturated carbocycles. The first-order valence-corrected chi connectivity index (χ1v) is 10.2. The van der Waals surface area contributed by atoms with Gasteiger partial charge in [-0.25, -0.2) is 0 Å². The summed E-state index contributed by atoms with van der Waals surface area (Å²) in [6.45, 7) is 0. The molecule has 0 fully saturated rings. The fourth-order valence-corrected chi connectivity index (χ4v) is 4.28. The molecule has 0 aliphatic carbocycles. The second-order valence-corrected chi connectivity index (χ2v) is 7.45. The summed E-state index contributed by atoms with van der Waals surface area (Å²) in [6.07, 6.45) is 2.88. The van der Waals surface area contributed by atoms with Gasteiger partial charge in [0.2, 0.25) is 5.75 Å². The van der Waals surface area contributed by atoms with Gasteiger partial charge in [0.25, 0.3) is 0 Å². The summed E-state index contributed by atoms with van der Waals surface area (Å²) in [5.74, 6) is 1.34. The predicted molar refractivity (Wildman–Crippen MR) is 120 cm³/mol. The number of carbonyl (C=O) groups excluding carboxylic acids is 1. The maximum absolute atomic E-state index is 12.1. The molecule has 0 radical (unpaired) electrons. The molecule has 30 heavy (non-hydrogen) atoms. The summed E-state index contributed by atoms with van der Waals surface area (Å²) >= 11 is 1.62. The van der Waals surface area contributed by atoms with E-state index in [0.29, 0.717) is 28.4 Å². The van der Waals surface area contributed by atoms with Gasteiger partial charge < -0.3 is 18.8 Å². The normalized spacial score (nSPS) is 10.6. The van der Waals surface area contributed by atoms with Gasteiger partial charge in [-0.2, -0.15) is 0 Å². The van der Waals surface area contributed by atoms with Crippen molar-refractivity contribution in [3.8, 4) is 44.6 Å². The van der Waals surface area contributed by atoms with Crippen molar-refractivity contribution in [2.45, 2.75) is 0 Å². The van der Waals surface area contributed by atoms with Gasteiger partial charge in [0.1, 0.15) is 0 Å². The van der Waals surface area contributed by atoms with E-state index in [-0.39, 0.29) is 0 Å². The van der Waals surface area contributed by atoms with Crippen molar-refractivity contribution in [1.29, 1.82) is 0 Å². The lowest BCUT2D eigenvalue weighted by atomic mass is 10.0. The molecular formula is C24H21NO4S. The Kier molecular flexibility index (Phi) is 5.59. The van der Waals surface area contributed by atoms with E-state index in [4.69, 9.17) is 14.2 Å². The molecule has 2 aromatic carbocycles. The van der Waals surface area contributed by atoms with Crippen molar-refractivity contribution in [1.82, 2.24) is 4.57 Å². The highest BCUT2D eigenvalue weighted by Crippen LogP contribution is 2.47. The van der Waals surface area contributed by atoms with E-state index in [1.54, 1.807) is 31.6 Å². The second kappa shape index (κ2) is 8.47. The Morgan fingerprint density at radius 1 is 0.867 bits per heavy atom. The Morgan fingerprint density at radius 2 is 1.63 bits per heavy atom. The number of methoxy groups -OCH3 is 3. The summed E-state index contributed by atoms with van der Waals surface area (Å²) in [7, 11) is 4.65. The molecule has 0 atom stereocenters. The number of aromatic nitrogens is 1. The zero-order valence-corrected chi connectivity index (χ0v) is 17.7. The molecular weight excluding hydrogens is 398 g/mol. The van der Waals surface area contributed by atoms with Gasteiger partial charge in [-0.15, -0.1) is 11.3 Å². The first-order valence-electron chi connectivity index (χ1n) is 9.32. The van der Waals surface area contributed by atoms with Crippen molar-refractivity contribution in [3.05, 3.63) is 71.7 Å². The van der Waals surface area contributed by atoms with Gasteiger partial charge in [0.05, 0.1) is 37.6 Å². The highest BCUT2D eigenvalue weighted by molar-refractivity contribution is 7.12. The van der Waals surface area contributed by atoms with Crippen LogP contribution in [0.15, 0.2) is 66.2 Å². The number of rotatable bonds is 7. The number of nitrogens with zero attached hydrogens (tertiary/aromatic N) is 1. The molecule has 2 aromatic heterocycles. The lowest BCUT2D eigenvalue weighted by Crippen LogP contribution is -2.03. The van der Waals surface area contributed by atoms with Crippen LogP contribution in [-0.4, -0.2) is 32.2 Å². The Hall–Kier alpha value is -3.51. The third kappa shape index (κ3) is 3.35. The minimum Gasteiger partial charge on any atom is -0.493 e. The Labute approximate surface area is 179 Å². The number of hydrogen-bond acceptors (Lipinski definition) is 5. The molecule has 4 rings (SSSR count). The van der Waals surface area contributed by atoms with Crippen LogP contribution < -0.4 is 14.2 Å². The zero-order chi connectivity index (χ0) is 21.1. The average Bonchev–Trinajstić information content (AvgIpc) is 3.48. The van der Waals surface area contributed by atoms with Gasteiger partial charge in [0.15, 0.2) is 17.8 Å². The monoisotopic (exact) mass is 419 g/mol. The smallest absolute Gasteiger partial charge is 0.204 e. The molecule has 152 valence electrons. The molecule has 2 heterocycles. The standard InChI is InChI=1S/C24H21NO4S/c1-27-20-13-18(15-26)22(24(29-3)23(20)28-2)19-12-17(16-8-5-4-6-9-16)14-25(19)21-10-7-11-30-21/h4-15H,1-3H3. The van der Waals surface area contributed by atoms with E-state index >= 15 is 0 Å². The Morgan fingerprint density at radius 3 is 2.23 bits per heavy atom. The van der Waals surface area contributed by atoms with Crippen LogP contribution in [0.25, 0.3) is 27.4 Å². The number of benzene rings is 2. The molecule has 0 spiro atoms. The van der Waals surface area contributed by atoms with Crippen molar-refractivity contribution < 1.29 is 19.0 Å². The molecule has 6 heteroatoms. The topological polar surface area (TPSA) is 49.7 Å². The maximum Gasteiger partial charge on any atom is 0.204 e. The van der Waals surface area contributed by atoms with Crippen LogP contribution in [0.5, 0.6) is 17.2 Å².